The summed E-state index contributed by atoms with van der Waals surface area (Å²) in [6.45, 7) is 5.14. The number of hydrogen-bond acceptors (Lipinski definition) is 9. The summed E-state index contributed by atoms with van der Waals surface area (Å²) in [5.74, 6) is -1.98. The van der Waals surface area contributed by atoms with Gasteiger partial charge in [-0.1, -0.05) is 19.1 Å². The van der Waals surface area contributed by atoms with Gasteiger partial charge in [0.15, 0.2) is 11.8 Å². The number of para-hydroxylation sites is 2. The zero-order valence-corrected chi connectivity index (χ0v) is 18.5. The van der Waals surface area contributed by atoms with Crippen LogP contribution in [0.5, 0.6) is 0 Å². The Bertz CT molecular complexity index is 1230. The monoisotopic (exact) mass is 452 g/mol. The van der Waals surface area contributed by atoms with Crippen molar-refractivity contribution in [3.8, 4) is 6.07 Å². The number of carbonyl (C=O) groups excluding carboxylic acids is 3. The minimum absolute atomic E-state index is 0.0239. The number of nitriles is 1. The first kappa shape index (κ1) is 22.8. The van der Waals surface area contributed by atoms with Crippen molar-refractivity contribution >= 4 is 45.2 Å². The van der Waals surface area contributed by atoms with Crippen LogP contribution in [0.25, 0.3) is 11.0 Å². The van der Waals surface area contributed by atoms with E-state index in [-0.39, 0.29) is 34.2 Å². The van der Waals surface area contributed by atoms with Crippen molar-refractivity contribution in [2.24, 2.45) is 0 Å². The van der Waals surface area contributed by atoms with Crippen LogP contribution in [0.2, 0.25) is 0 Å². The standard InChI is InChI=1S/C22H20N4O5S/c1-4-17(31-21(28)16-11-24-14-8-6-7-9-15(14)25-16)19(27)26-20-13(10-23)12(3)18(32-20)22(29)30-5-2/h6-9,11,17H,4-5H2,1-3H3,(H,26,27). The fourth-order valence-electron chi connectivity index (χ4n) is 2.89. The van der Waals surface area contributed by atoms with Crippen molar-refractivity contribution in [1.82, 2.24) is 9.97 Å². The number of amides is 1. The number of thiophene rings is 1. The van der Waals surface area contributed by atoms with Crippen LogP contribution >= 0.6 is 11.3 Å². The van der Waals surface area contributed by atoms with E-state index in [1.54, 1.807) is 39.0 Å². The normalized spacial score (nSPS) is 11.4. The molecular weight excluding hydrogens is 432 g/mol. The largest absolute Gasteiger partial charge is 0.462 e. The van der Waals surface area contributed by atoms with Gasteiger partial charge in [0.25, 0.3) is 5.91 Å². The molecule has 9 nitrogen and oxygen atoms in total. The number of fused-ring (bicyclic) bond motifs is 1. The summed E-state index contributed by atoms with van der Waals surface area (Å²) in [5, 5.41) is 12.3. The van der Waals surface area contributed by atoms with E-state index in [1.165, 1.54) is 6.20 Å². The molecule has 1 amide bonds. The third-order valence-corrected chi connectivity index (χ3v) is 5.71. The van der Waals surface area contributed by atoms with Crippen molar-refractivity contribution < 1.29 is 23.9 Å². The fourth-order valence-corrected chi connectivity index (χ4v) is 3.94. The van der Waals surface area contributed by atoms with Gasteiger partial charge in [-0.2, -0.15) is 5.26 Å². The van der Waals surface area contributed by atoms with E-state index in [1.807, 2.05) is 12.1 Å². The van der Waals surface area contributed by atoms with E-state index < -0.39 is 23.9 Å². The summed E-state index contributed by atoms with van der Waals surface area (Å²) in [7, 11) is 0. The molecule has 1 aromatic carbocycles. The smallest absolute Gasteiger partial charge is 0.359 e. The van der Waals surface area contributed by atoms with Crippen LogP contribution in [0.15, 0.2) is 30.5 Å². The highest BCUT2D eigenvalue weighted by atomic mass is 32.1. The predicted octanol–water partition coefficient (Wildman–Crippen LogP) is 3.62. The number of rotatable bonds is 7. The first-order valence-corrected chi connectivity index (χ1v) is 10.6. The number of esters is 2. The molecule has 0 bridgehead atoms. The van der Waals surface area contributed by atoms with Crippen LogP contribution in [0.1, 0.15) is 51.6 Å². The fraction of sp³-hybridized carbons (Fsp3) is 0.273. The Kier molecular flexibility index (Phi) is 7.12. The summed E-state index contributed by atoms with van der Waals surface area (Å²) in [6.07, 6.45) is 0.350. The number of hydrogen-bond donors (Lipinski definition) is 1. The molecule has 1 atom stereocenters. The van der Waals surface area contributed by atoms with Gasteiger partial charge >= 0.3 is 11.9 Å². The minimum Gasteiger partial charge on any atom is -0.462 e. The van der Waals surface area contributed by atoms with Gasteiger partial charge in [-0.05, 0) is 38.0 Å². The van der Waals surface area contributed by atoms with Crippen molar-refractivity contribution in [3.05, 3.63) is 52.2 Å². The van der Waals surface area contributed by atoms with Gasteiger partial charge in [-0.3, -0.25) is 9.78 Å². The highest BCUT2D eigenvalue weighted by Gasteiger charge is 2.27. The average Bonchev–Trinajstić information content (AvgIpc) is 3.11. The van der Waals surface area contributed by atoms with E-state index >= 15 is 0 Å². The average molecular weight is 452 g/mol. The molecule has 0 aliphatic carbocycles. The zero-order valence-electron chi connectivity index (χ0n) is 17.7. The second-order valence-electron chi connectivity index (χ2n) is 6.63. The maximum atomic E-state index is 12.8. The first-order valence-electron chi connectivity index (χ1n) is 9.83. The number of ether oxygens (including phenoxy) is 2. The molecule has 0 spiro atoms. The van der Waals surface area contributed by atoms with Crippen molar-refractivity contribution in [2.45, 2.75) is 33.3 Å². The highest BCUT2D eigenvalue weighted by molar-refractivity contribution is 7.18. The third kappa shape index (κ3) is 4.73. The Morgan fingerprint density at radius 3 is 2.56 bits per heavy atom. The van der Waals surface area contributed by atoms with Crippen LogP contribution in [-0.2, 0) is 14.3 Å². The van der Waals surface area contributed by atoms with Crippen LogP contribution in [0.4, 0.5) is 5.00 Å². The highest BCUT2D eigenvalue weighted by Crippen LogP contribution is 2.33. The van der Waals surface area contributed by atoms with Crippen LogP contribution < -0.4 is 5.32 Å². The van der Waals surface area contributed by atoms with Crippen molar-refractivity contribution in [2.75, 3.05) is 11.9 Å². The lowest BCUT2D eigenvalue weighted by Gasteiger charge is -2.15. The first-order chi connectivity index (χ1) is 15.4. The lowest BCUT2D eigenvalue weighted by Crippen LogP contribution is -2.32. The SMILES string of the molecule is CCOC(=O)c1sc(NC(=O)C(CC)OC(=O)c2cnc3ccccc3n2)c(C#N)c1C. The summed E-state index contributed by atoms with van der Waals surface area (Å²) >= 11 is 0.940. The third-order valence-electron chi connectivity index (χ3n) is 4.53. The molecule has 164 valence electrons. The Hall–Kier alpha value is -3.84. The number of nitrogens with zero attached hydrogens (tertiary/aromatic N) is 3. The van der Waals surface area contributed by atoms with Gasteiger partial charge < -0.3 is 14.8 Å². The van der Waals surface area contributed by atoms with Gasteiger partial charge in [0.1, 0.15) is 15.9 Å². The number of nitrogens with one attached hydrogen (secondary N) is 1. The molecule has 3 rings (SSSR count). The molecule has 0 fully saturated rings. The molecule has 0 aliphatic heterocycles. The van der Waals surface area contributed by atoms with E-state index in [9.17, 15) is 19.6 Å². The number of aromatic nitrogens is 2. The molecule has 0 saturated heterocycles. The molecule has 0 aliphatic rings. The molecule has 32 heavy (non-hydrogen) atoms. The van der Waals surface area contributed by atoms with E-state index in [2.05, 4.69) is 15.3 Å². The molecule has 10 heteroatoms. The van der Waals surface area contributed by atoms with Crippen LogP contribution in [0.3, 0.4) is 0 Å². The Morgan fingerprint density at radius 2 is 1.91 bits per heavy atom. The molecule has 1 N–H and O–H groups in total. The summed E-state index contributed by atoms with van der Waals surface area (Å²) < 4.78 is 10.3. The van der Waals surface area contributed by atoms with E-state index in [0.29, 0.717) is 16.6 Å². The van der Waals surface area contributed by atoms with Crippen molar-refractivity contribution in [1.29, 1.82) is 5.26 Å². The zero-order chi connectivity index (χ0) is 23.3. The van der Waals surface area contributed by atoms with Gasteiger partial charge in [0.2, 0.25) is 0 Å². The second-order valence-corrected chi connectivity index (χ2v) is 7.65. The number of benzene rings is 1. The maximum Gasteiger partial charge on any atom is 0.359 e. The number of carbonyl (C=O) groups is 3. The molecule has 2 heterocycles. The topological polar surface area (TPSA) is 131 Å². The lowest BCUT2D eigenvalue weighted by molar-refractivity contribution is -0.124. The number of anilines is 1. The molecular formula is C22H20N4O5S. The van der Waals surface area contributed by atoms with Gasteiger partial charge in [-0.25, -0.2) is 14.6 Å². The van der Waals surface area contributed by atoms with Gasteiger partial charge in [0, 0.05) is 0 Å². The Labute approximate surface area is 188 Å². The molecule has 0 saturated carbocycles. The van der Waals surface area contributed by atoms with E-state index in [4.69, 9.17) is 9.47 Å². The summed E-state index contributed by atoms with van der Waals surface area (Å²) in [6, 6.07) is 9.05. The van der Waals surface area contributed by atoms with Crippen LogP contribution in [0, 0.1) is 18.3 Å². The molecule has 1 unspecified atom stereocenters. The summed E-state index contributed by atoms with van der Waals surface area (Å²) in [5.41, 5.74) is 1.71. The van der Waals surface area contributed by atoms with Crippen molar-refractivity contribution in [3.63, 3.8) is 0 Å². The maximum absolute atomic E-state index is 12.8. The quantitative estimate of drug-likeness (QED) is 0.538. The van der Waals surface area contributed by atoms with Gasteiger partial charge in [0.05, 0.1) is 29.4 Å². The van der Waals surface area contributed by atoms with Crippen LogP contribution in [-0.4, -0.2) is 40.5 Å². The lowest BCUT2D eigenvalue weighted by atomic mass is 10.1. The predicted molar refractivity (Wildman–Crippen MR) is 117 cm³/mol. The van der Waals surface area contributed by atoms with E-state index in [0.717, 1.165) is 11.3 Å². The van der Waals surface area contributed by atoms with Gasteiger partial charge in [-0.15, -0.1) is 11.3 Å². The summed E-state index contributed by atoms with van der Waals surface area (Å²) in [4.78, 5) is 46.0. The minimum atomic E-state index is -1.13. The Morgan fingerprint density at radius 1 is 1.19 bits per heavy atom. The molecule has 3 aromatic rings. The molecule has 2 aromatic heterocycles. The molecule has 0 radical (unpaired) electrons. The Balaban J connectivity index is 1.77. The second kappa shape index (κ2) is 9.98.